The molecule has 3 heterocycles. The predicted molar refractivity (Wildman–Crippen MR) is 77.4 cm³/mol. The monoisotopic (exact) mass is 256 g/mol. The van der Waals surface area contributed by atoms with Gasteiger partial charge in [0.25, 0.3) is 0 Å². The molecular formula is C15H20N4. The molecule has 0 spiro atoms. The van der Waals surface area contributed by atoms with Gasteiger partial charge >= 0.3 is 0 Å². The van der Waals surface area contributed by atoms with Gasteiger partial charge in [0.2, 0.25) is 0 Å². The molecule has 3 rings (SSSR count). The summed E-state index contributed by atoms with van der Waals surface area (Å²) in [7, 11) is 0. The van der Waals surface area contributed by atoms with Crippen LogP contribution in [0.25, 0.3) is 11.0 Å². The standard InChI is InChI=1S/C15H20N4/c1-10-5-4-6-19(8-10)15-13-11(2)7-12(3)18-14(13)16-9-17-15/h7,9-10H,4-6,8H2,1-3H3/t10-/m0/s1. The van der Waals surface area contributed by atoms with Crippen molar-refractivity contribution in [2.45, 2.75) is 33.6 Å². The molecule has 0 N–H and O–H groups in total. The second-order valence-corrected chi connectivity index (χ2v) is 5.67. The van der Waals surface area contributed by atoms with Gasteiger partial charge in [0.05, 0.1) is 5.39 Å². The second-order valence-electron chi connectivity index (χ2n) is 5.67. The molecule has 0 radical (unpaired) electrons. The fourth-order valence-corrected chi connectivity index (χ4v) is 3.01. The average molecular weight is 256 g/mol. The van der Waals surface area contributed by atoms with E-state index in [1.807, 2.05) is 6.92 Å². The van der Waals surface area contributed by atoms with Crippen LogP contribution in [0.3, 0.4) is 0 Å². The number of hydrogen-bond donors (Lipinski definition) is 0. The topological polar surface area (TPSA) is 41.9 Å². The van der Waals surface area contributed by atoms with Crippen molar-refractivity contribution in [3.05, 3.63) is 23.7 Å². The first kappa shape index (κ1) is 12.3. The van der Waals surface area contributed by atoms with Crippen molar-refractivity contribution in [3.8, 4) is 0 Å². The molecule has 0 unspecified atom stereocenters. The molecule has 4 nitrogen and oxygen atoms in total. The lowest BCUT2D eigenvalue weighted by Gasteiger charge is -2.32. The molecule has 1 aliphatic heterocycles. The highest BCUT2D eigenvalue weighted by Gasteiger charge is 2.20. The van der Waals surface area contributed by atoms with E-state index in [1.54, 1.807) is 6.33 Å². The molecule has 4 heteroatoms. The number of piperidine rings is 1. The summed E-state index contributed by atoms with van der Waals surface area (Å²) in [4.78, 5) is 15.8. The van der Waals surface area contributed by atoms with E-state index in [4.69, 9.17) is 0 Å². The highest BCUT2D eigenvalue weighted by molar-refractivity contribution is 5.90. The molecule has 1 fully saturated rings. The van der Waals surface area contributed by atoms with Crippen molar-refractivity contribution >= 4 is 16.9 Å². The predicted octanol–water partition coefficient (Wildman–Crippen LogP) is 2.88. The number of pyridine rings is 1. The van der Waals surface area contributed by atoms with Crippen LogP contribution in [0.15, 0.2) is 12.4 Å². The molecule has 2 aromatic rings. The summed E-state index contributed by atoms with van der Waals surface area (Å²) in [6.07, 6.45) is 4.20. The maximum atomic E-state index is 4.53. The first-order valence-electron chi connectivity index (χ1n) is 6.99. The highest BCUT2D eigenvalue weighted by atomic mass is 15.2. The zero-order valence-corrected chi connectivity index (χ0v) is 11.8. The van der Waals surface area contributed by atoms with Gasteiger partial charge in [-0.1, -0.05) is 6.92 Å². The van der Waals surface area contributed by atoms with Crippen LogP contribution in [0, 0.1) is 19.8 Å². The van der Waals surface area contributed by atoms with Gasteiger partial charge in [-0.3, -0.25) is 0 Å². The van der Waals surface area contributed by atoms with E-state index >= 15 is 0 Å². The summed E-state index contributed by atoms with van der Waals surface area (Å²) in [5, 5.41) is 1.11. The summed E-state index contributed by atoms with van der Waals surface area (Å²) in [5.74, 6) is 1.79. The molecule has 2 aromatic heterocycles. The van der Waals surface area contributed by atoms with Gasteiger partial charge < -0.3 is 4.90 Å². The Bertz CT molecular complexity index is 608. The second kappa shape index (κ2) is 4.76. The largest absolute Gasteiger partial charge is 0.356 e. The van der Waals surface area contributed by atoms with Crippen LogP contribution in [0.5, 0.6) is 0 Å². The number of fused-ring (bicyclic) bond motifs is 1. The van der Waals surface area contributed by atoms with Gasteiger partial charge in [-0.15, -0.1) is 0 Å². The minimum Gasteiger partial charge on any atom is -0.356 e. The molecule has 0 aliphatic carbocycles. The Hall–Kier alpha value is -1.71. The number of aromatic nitrogens is 3. The molecular weight excluding hydrogens is 236 g/mol. The Kier molecular flexibility index (Phi) is 3.09. The third-order valence-electron chi connectivity index (χ3n) is 3.87. The minimum atomic E-state index is 0.734. The van der Waals surface area contributed by atoms with Gasteiger partial charge in [-0.2, -0.15) is 0 Å². The summed E-state index contributed by atoms with van der Waals surface area (Å²) in [6.45, 7) is 8.61. The van der Waals surface area contributed by atoms with Gasteiger partial charge in [0, 0.05) is 18.8 Å². The van der Waals surface area contributed by atoms with Gasteiger partial charge in [-0.05, 0) is 44.2 Å². The fourth-order valence-electron chi connectivity index (χ4n) is 3.01. The van der Waals surface area contributed by atoms with Crippen LogP contribution >= 0.6 is 0 Å². The molecule has 1 aliphatic rings. The first-order chi connectivity index (χ1) is 9.15. The normalized spacial score (nSPS) is 19.9. The van der Waals surface area contributed by atoms with Crippen molar-refractivity contribution in [1.82, 2.24) is 15.0 Å². The smallest absolute Gasteiger partial charge is 0.165 e. The molecule has 19 heavy (non-hydrogen) atoms. The van der Waals surface area contributed by atoms with Crippen LogP contribution < -0.4 is 4.90 Å². The van der Waals surface area contributed by atoms with E-state index in [0.29, 0.717) is 0 Å². The Balaban J connectivity index is 2.13. The van der Waals surface area contributed by atoms with E-state index in [9.17, 15) is 0 Å². The molecule has 100 valence electrons. The molecule has 1 atom stereocenters. The molecule has 0 bridgehead atoms. The number of nitrogens with zero attached hydrogens (tertiary/aromatic N) is 4. The third kappa shape index (κ3) is 2.27. The summed E-state index contributed by atoms with van der Waals surface area (Å²) in [5.41, 5.74) is 3.05. The van der Waals surface area contributed by atoms with Crippen LogP contribution in [0.1, 0.15) is 31.0 Å². The van der Waals surface area contributed by atoms with Crippen molar-refractivity contribution in [3.63, 3.8) is 0 Å². The number of aryl methyl sites for hydroxylation is 2. The summed E-state index contributed by atoms with van der Waals surface area (Å²) in [6, 6.07) is 2.11. The molecule has 0 amide bonds. The maximum Gasteiger partial charge on any atom is 0.165 e. The third-order valence-corrected chi connectivity index (χ3v) is 3.87. The van der Waals surface area contributed by atoms with E-state index < -0.39 is 0 Å². The van der Waals surface area contributed by atoms with Gasteiger partial charge in [-0.25, -0.2) is 15.0 Å². The highest BCUT2D eigenvalue weighted by Crippen LogP contribution is 2.29. The van der Waals surface area contributed by atoms with E-state index in [-0.39, 0.29) is 0 Å². The van der Waals surface area contributed by atoms with E-state index in [2.05, 4.69) is 39.8 Å². The van der Waals surface area contributed by atoms with Crippen molar-refractivity contribution in [2.75, 3.05) is 18.0 Å². The van der Waals surface area contributed by atoms with Crippen LogP contribution in [0.2, 0.25) is 0 Å². The lowest BCUT2D eigenvalue weighted by molar-refractivity contribution is 0.445. The van der Waals surface area contributed by atoms with Gasteiger partial charge in [0.15, 0.2) is 5.65 Å². The zero-order valence-electron chi connectivity index (χ0n) is 11.8. The quantitative estimate of drug-likeness (QED) is 0.786. The Morgan fingerprint density at radius 1 is 1.26 bits per heavy atom. The average Bonchev–Trinajstić information content (AvgIpc) is 2.37. The Morgan fingerprint density at radius 2 is 2.11 bits per heavy atom. The lowest BCUT2D eigenvalue weighted by Crippen LogP contribution is -2.35. The van der Waals surface area contributed by atoms with Crippen LogP contribution in [-0.2, 0) is 0 Å². The SMILES string of the molecule is Cc1cc(C)c2c(N3CCC[C@H](C)C3)ncnc2n1. The summed E-state index contributed by atoms with van der Waals surface area (Å²) < 4.78 is 0. The maximum absolute atomic E-state index is 4.53. The Labute approximate surface area is 113 Å². The molecule has 0 saturated carbocycles. The summed E-state index contributed by atoms with van der Waals surface area (Å²) >= 11 is 0. The van der Waals surface area contributed by atoms with E-state index in [0.717, 1.165) is 41.6 Å². The Morgan fingerprint density at radius 3 is 2.89 bits per heavy atom. The van der Waals surface area contributed by atoms with Gasteiger partial charge in [0.1, 0.15) is 12.1 Å². The van der Waals surface area contributed by atoms with Crippen molar-refractivity contribution in [1.29, 1.82) is 0 Å². The number of rotatable bonds is 1. The van der Waals surface area contributed by atoms with Crippen molar-refractivity contribution < 1.29 is 0 Å². The van der Waals surface area contributed by atoms with Crippen LogP contribution in [0.4, 0.5) is 5.82 Å². The molecule has 1 saturated heterocycles. The van der Waals surface area contributed by atoms with Crippen LogP contribution in [-0.4, -0.2) is 28.0 Å². The zero-order chi connectivity index (χ0) is 13.4. The number of hydrogen-bond acceptors (Lipinski definition) is 4. The van der Waals surface area contributed by atoms with Crippen molar-refractivity contribution in [2.24, 2.45) is 5.92 Å². The molecule has 0 aromatic carbocycles. The first-order valence-corrected chi connectivity index (χ1v) is 6.99. The van der Waals surface area contributed by atoms with E-state index in [1.165, 1.54) is 18.4 Å². The minimum absolute atomic E-state index is 0.734. The fraction of sp³-hybridized carbons (Fsp3) is 0.533. The number of anilines is 1. The lowest BCUT2D eigenvalue weighted by atomic mass is 10.00.